The Morgan fingerprint density at radius 1 is 0.732 bits per heavy atom. The van der Waals surface area contributed by atoms with Crippen LogP contribution >= 0.6 is 0 Å². The van der Waals surface area contributed by atoms with Crippen LogP contribution in [0.5, 0.6) is 0 Å². The lowest BCUT2D eigenvalue weighted by molar-refractivity contribution is 0.826. The summed E-state index contributed by atoms with van der Waals surface area (Å²) in [5.74, 6) is 0.546. The first-order valence-corrected chi connectivity index (χ1v) is 14.4. The summed E-state index contributed by atoms with van der Waals surface area (Å²) in [5, 5.41) is 2.50. The molecule has 4 aromatic carbocycles. The van der Waals surface area contributed by atoms with Gasteiger partial charge in [0, 0.05) is 28.8 Å². The molecule has 3 aliphatic carbocycles. The quantitative estimate of drug-likeness (QED) is 0.249. The van der Waals surface area contributed by atoms with Crippen molar-refractivity contribution >= 4 is 29.0 Å². The van der Waals surface area contributed by atoms with E-state index in [9.17, 15) is 0 Å². The van der Waals surface area contributed by atoms with Crippen LogP contribution < -0.4 is 15.3 Å². The van der Waals surface area contributed by atoms with Gasteiger partial charge in [0.05, 0.1) is 5.70 Å². The number of benzene rings is 4. The van der Waals surface area contributed by atoms with Crippen molar-refractivity contribution in [3.63, 3.8) is 0 Å². The number of fused-ring (bicyclic) bond motifs is 5. The topological polar surface area (TPSA) is 3.24 Å². The molecule has 1 heterocycles. The van der Waals surface area contributed by atoms with Gasteiger partial charge in [-0.3, -0.25) is 0 Å². The molecular weight excluding hydrogens is 494 g/mol. The Hall–Kier alpha value is -5.10. The summed E-state index contributed by atoms with van der Waals surface area (Å²) in [6.45, 7) is 0. The molecular formula is C40H29N. The highest BCUT2D eigenvalue weighted by molar-refractivity contribution is 5.88. The molecule has 1 nitrogen and oxygen atoms in total. The lowest BCUT2D eigenvalue weighted by Gasteiger charge is -2.35. The molecule has 41 heavy (non-hydrogen) atoms. The standard InChI is InChI=1S/C40H29N/c1-2-9-28(10-3-1)34-19-20-35-27-37(26-34)41(39-16-8-14-31-12-6-7-15-38(31)40(35)39)36-23-21-30(22-24-36)33-18-17-29-11-4-5-13-32(29)25-33/h1-15,17-24,26-27,33,35H,25H2. The molecule has 0 radical (unpaired) electrons. The molecule has 4 aromatic rings. The summed E-state index contributed by atoms with van der Waals surface area (Å²) < 4.78 is 0. The summed E-state index contributed by atoms with van der Waals surface area (Å²) in [4.78, 5) is 2.39. The molecule has 0 fully saturated rings. The summed E-state index contributed by atoms with van der Waals surface area (Å²) in [6.07, 6.45) is 19.3. The van der Waals surface area contributed by atoms with Crippen LogP contribution in [0.15, 0.2) is 157 Å². The van der Waals surface area contributed by atoms with Gasteiger partial charge in [0.25, 0.3) is 0 Å². The van der Waals surface area contributed by atoms with Gasteiger partial charge in [-0.25, -0.2) is 0 Å². The molecule has 0 saturated heterocycles. The number of hydrogen-bond donors (Lipinski definition) is 0. The van der Waals surface area contributed by atoms with Crippen molar-refractivity contribution in [3.05, 3.63) is 189 Å². The average molecular weight is 524 g/mol. The van der Waals surface area contributed by atoms with Gasteiger partial charge >= 0.3 is 0 Å². The van der Waals surface area contributed by atoms with Crippen molar-refractivity contribution in [2.75, 3.05) is 4.90 Å². The van der Waals surface area contributed by atoms with Gasteiger partial charge in [-0.15, -0.1) is 0 Å². The Morgan fingerprint density at radius 2 is 1.54 bits per heavy atom. The Morgan fingerprint density at radius 3 is 2.44 bits per heavy atom. The third kappa shape index (κ3) is 4.19. The van der Waals surface area contributed by atoms with Crippen LogP contribution in [0, 0.1) is 5.92 Å². The van der Waals surface area contributed by atoms with E-state index in [1.807, 2.05) is 0 Å². The Kier molecular flexibility index (Phi) is 5.69. The minimum Gasteiger partial charge on any atom is -0.304 e. The van der Waals surface area contributed by atoms with Crippen LogP contribution in [0.3, 0.4) is 0 Å². The highest BCUT2D eigenvalue weighted by Gasteiger charge is 2.31. The maximum absolute atomic E-state index is 3.69. The first-order valence-electron chi connectivity index (χ1n) is 14.4. The summed E-state index contributed by atoms with van der Waals surface area (Å²) in [7, 11) is 0. The minimum atomic E-state index is 0.161. The van der Waals surface area contributed by atoms with Crippen molar-refractivity contribution in [2.45, 2.75) is 12.3 Å². The largest absolute Gasteiger partial charge is 0.304 e. The molecule has 2 bridgehead atoms. The lowest BCUT2D eigenvalue weighted by atomic mass is 9.85. The third-order valence-electron chi connectivity index (χ3n) is 8.63. The number of rotatable bonds is 3. The van der Waals surface area contributed by atoms with Gasteiger partial charge in [0.1, 0.15) is 0 Å². The zero-order valence-corrected chi connectivity index (χ0v) is 22.7. The monoisotopic (exact) mass is 523 g/mol. The Balaban J connectivity index is 1.26. The van der Waals surface area contributed by atoms with Crippen molar-refractivity contribution in [2.24, 2.45) is 5.92 Å². The first kappa shape index (κ1) is 23.8. The van der Waals surface area contributed by atoms with Crippen molar-refractivity contribution in [1.82, 2.24) is 0 Å². The molecule has 1 aliphatic heterocycles. The maximum Gasteiger partial charge on any atom is 0.0938 e. The molecule has 0 spiro atoms. The smallest absolute Gasteiger partial charge is 0.0938 e. The van der Waals surface area contributed by atoms with Crippen molar-refractivity contribution in [1.29, 1.82) is 0 Å². The normalized spacial score (nSPS) is 20.0. The highest BCUT2D eigenvalue weighted by Crippen LogP contribution is 2.42. The fourth-order valence-corrected chi connectivity index (χ4v) is 6.57. The molecule has 1 heteroatoms. The number of anilines is 1. The molecule has 0 amide bonds. The predicted octanol–water partition coefficient (Wildman–Crippen LogP) is 7.70. The van der Waals surface area contributed by atoms with Gasteiger partial charge in [0.2, 0.25) is 0 Å². The van der Waals surface area contributed by atoms with E-state index in [1.54, 1.807) is 0 Å². The number of hydrogen-bond acceptors (Lipinski definition) is 1. The molecule has 2 atom stereocenters. The summed E-state index contributed by atoms with van der Waals surface area (Å²) in [6, 6.07) is 37.3. The molecule has 0 aromatic heterocycles. The van der Waals surface area contributed by atoms with E-state index in [1.165, 1.54) is 49.5 Å². The van der Waals surface area contributed by atoms with E-state index < -0.39 is 0 Å². The SMILES string of the molecule is C1=CC=c2ccccc2=C2C=1N(c1ccc(C3C=Cc4ccccc4C3)cc1)C1=CC2C=CC(c2ccccc2)=C1. The van der Waals surface area contributed by atoms with Crippen molar-refractivity contribution in [3.8, 4) is 0 Å². The van der Waals surface area contributed by atoms with Crippen molar-refractivity contribution < 1.29 is 0 Å². The van der Waals surface area contributed by atoms with Gasteiger partial charge in [-0.05, 0) is 81.1 Å². The van der Waals surface area contributed by atoms with Crippen LogP contribution in [0.2, 0.25) is 0 Å². The number of nitrogens with zero attached hydrogens (tertiary/aromatic N) is 1. The third-order valence-corrected chi connectivity index (χ3v) is 8.63. The van der Waals surface area contributed by atoms with Crippen LogP contribution in [0.25, 0.3) is 23.3 Å². The second kappa shape index (κ2) is 9.82. The van der Waals surface area contributed by atoms with E-state index in [0.29, 0.717) is 5.92 Å². The second-order valence-corrected chi connectivity index (χ2v) is 11.1. The second-order valence-electron chi connectivity index (χ2n) is 11.1. The van der Waals surface area contributed by atoms with E-state index in [-0.39, 0.29) is 5.92 Å². The fraction of sp³-hybridized carbons (Fsp3) is 0.0750. The molecule has 194 valence electrons. The maximum atomic E-state index is 3.69. The van der Waals surface area contributed by atoms with Gasteiger partial charge < -0.3 is 4.90 Å². The first-order chi connectivity index (χ1) is 20.3. The summed E-state index contributed by atoms with van der Waals surface area (Å²) >= 11 is 0. The van der Waals surface area contributed by atoms with Gasteiger partial charge in [-0.1, -0.05) is 121 Å². The van der Waals surface area contributed by atoms with E-state index in [0.717, 1.165) is 17.8 Å². The lowest BCUT2D eigenvalue weighted by Crippen LogP contribution is -2.35. The highest BCUT2D eigenvalue weighted by atomic mass is 15.2. The molecule has 4 aliphatic rings. The predicted molar refractivity (Wildman–Crippen MR) is 171 cm³/mol. The Labute approximate surface area is 241 Å². The molecule has 8 rings (SSSR count). The molecule has 0 N–H and O–H groups in total. The van der Waals surface area contributed by atoms with Crippen LogP contribution in [-0.4, -0.2) is 0 Å². The van der Waals surface area contributed by atoms with Gasteiger partial charge in [0.15, 0.2) is 0 Å². The molecule has 2 unspecified atom stereocenters. The van der Waals surface area contributed by atoms with E-state index in [4.69, 9.17) is 0 Å². The number of allylic oxidation sites excluding steroid dienone is 7. The van der Waals surface area contributed by atoms with Crippen LogP contribution in [0.1, 0.15) is 28.2 Å². The van der Waals surface area contributed by atoms with E-state index in [2.05, 4.69) is 162 Å². The van der Waals surface area contributed by atoms with Crippen LogP contribution in [-0.2, 0) is 6.42 Å². The van der Waals surface area contributed by atoms with E-state index >= 15 is 0 Å². The molecule has 0 saturated carbocycles. The minimum absolute atomic E-state index is 0.161. The Bertz CT molecular complexity index is 1990. The average Bonchev–Trinajstić information content (AvgIpc) is 3.35. The fourth-order valence-electron chi connectivity index (χ4n) is 6.57. The van der Waals surface area contributed by atoms with Crippen LogP contribution in [0.4, 0.5) is 5.69 Å². The van der Waals surface area contributed by atoms with Gasteiger partial charge in [-0.2, -0.15) is 0 Å². The zero-order valence-electron chi connectivity index (χ0n) is 22.7. The zero-order chi connectivity index (χ0) is 27.2. The summed E-state index contributed by atoms with van der Waals surface area (Å²) in [5.41, 5.74) is 15.0.